The summed E-state index contributed by atoms with van der Waals surface area (Å²) >= 11 is 0. The average Bonchev–Trinajstić information content (AvgIpc) is 2.38. The minimum atomic E-state index is -4.30. The Bertz CT molecular complexity index is 437. The molecule has 0 amide bonds. The summed E-state index contributed by atoms with van der Waals surface area (Å²) in [6.07, 6.45) is -4.30. The second kappa shape index (κ2) is 5.41. The van der Waals surface area contributed by atoms with Crippen LogP contribution < -0.4 is 4.90 Å². The van der Waals surface area contributed by atoms with Crippen LogP contribution in [0, 0.1) is 0 Å². The van der Waals surface area contributed by atoms with Gasteiger partial charge in [-0.1, -0.05) is 19.9 Å². The van der Waals surface area contributed by atoms with E-state index in [2.05, 4.69) is 0 Å². The third-order valence-corrected chi connectivity index (χ3v) is 3.34. The molecule has 0 radical (unpaired) electrons. The Hall–Kier alpha value is -1.23. The van der Waals surface area contributed by atoms with Crippen LogP contribution in [0.3, 0.4) is 0 Å². The highest BCUT2D eigenvalue weighted by molar-refractivity contribution is 5.52. The lowest BCUT2D eigenvalue weighted by molar-refractivity contribution is -0.138. The van der Waals surface area contributed by atoms with Gasteiger partial charge >= 0.3 is 6.18 Å². The standard InChI is InChI=1S/C14H18F3NO/c1-10(2)12-4-3-11(9-13(12)14(15,16)17)18-5-7-19-8-6-18/h3-4,9-10H,5-8H2,1-2H3. The van der Waals surface area contributed by atoms with Gasteiger partial charge in [-0.3, -0.25) is 0 Å². The molecule has 0 spiro atoms. The van der Waals surface area contributed by atoms with Crippen LogP contribution >= 0.6 is 0 Å². The summed E-state index contributed by atoms with van der Waals surface area (Å²) in [5.41, 5.74) is 0.455. The van der Waals surface area contributed by atoms with E-state index in [9.17, 15) is 13.2 Å². The van der Waals surface area contributed by atoms with E-state index in [4.69, 9.17) is 4.74 Å². The molecule has 0 N–H and O–H groups in total. The summed E-state index contributed by atoms with van der Waals surface area (Å²) in [7, 11) is 0. The largest absolute Gasteiger partial charge is 0.416 e. The van der Waals surface area contributed by atoms with Crippen molar-refractivity contribution < 1.29 is 17.9 Å². The molecule has 0 saturated carbocycles. The van der Waals surface area contributed by atoms with E-state index in [0.29, 0.717) is 37.6 Å². The van der Waals surface area contributed by atoms with E-state index in [1.165, 1.54) is 6.07 Å². The summed E-state index contributed by atoms with van der Waals surface area (Å²) in [5, 5.41) is 0. The SMILES string of the molecule is CC(C)c1ccc(N2CCOCC2)cc1C(F)(F)F. The van der Waals surface area contributed by atoms with Crippen LogP contribution in [-0.2, 0) is 10.9 Å². The van der Waals surface area contributed by atoms with Gasteiger partial charge in [0.25, 0.3) is 0 Å². The van der Waals surface area contributed by atoms with E-state index in [1.54, 1.807) is 26.0 Å². The summed E-state index contributed by atoms with van der Waals surface area (Å²) in [6.45, 7) is 5.95. The highest BCUT2D eigenvalue weighted by Gasteiger charge is 2.34. The highest BCUT2D eigenvalue weighted by Crippen LogP contribution is 2.37. The van der Waals surface area contributed by atoms with Gasteiger partial charge in [0.2, 0.25) is 0 Å². The smallest absolute Gasteiger partial charge is 0.378 e. The highest BCUT2D eigenvalue weighted by atomic mass is 19.4. The maximum Gasteiger partial charge on any atom is 0.416 e. The predicted molar refractivity (Wildman–Crippen MR) is 68.6 cm³/mol. The van der Waals surface area contributed by atoms with Gasteiger partial charge < -0.3 is 9.64 Å². The molecule has 1 aromatic rings. The monoisotopic (exact) mass is 273 g/mol. The number of benzene rings is 1. The van der Waals surface area contributed by atoms with E-state index in [0.717, 1.165) is 0 Å². The number of rotatable bonds is 2. The first kappa shape index (κ1) is 14.2. The van der Waals surface area contributed by atoms with Crippen molar-refractivity contribution in [1.29, 1.82) is 0 Å². The Balaban J connectivity index is 2.37. The van der Waals surface area contributed by atoms with Crippen molar-refractivity contribution in [1.82, 2.24) is 0 Å². The lowest BCUT2D eigenvalue weighted by atomic mass is 9.96. The second-order valence-electron chi connectivity index (χ2n) is 5.02. The molecule has 1 fully saturated rings. The summed E-state index contributed by atoms with van der Waals surface area (Å²) in [4.78, 5) is 1.93. The van der Waals surface area contributed by atoms with Crippen molar-refractivity contribution in [2.45, 2.75) is 25.9 Å². The van der Waals surface area contributed by atoms with Gasteiger partial charge in [-0.15, -0.1) is 0 Å². The van der Waals surface area contributed by atoms with Crippen LogP contribution in [0.2, 0.25) is 0 Å². The number of hydrogen-bond acceptors (Lipinski definition) is 2. The Labute approximate surface area is 111 Å². The lowest BCUT2D eigenvalue weighted by Crippen LogP contribution is -2.36. The molecule has 1 aliphatic rings. The van der Waals surface area contributed by atoms with Crippen molar-refractivity contribution in [2.24, 2.45) is 0 Å². The zero-order chi connectivity index (χ0) is 14.0. The fraction of sp³-hybridized carbons (Fsp3) is 0.571. The zero-order valence-corrected chi connectivity index (χ0v) is 11.1. The van der Waals surface area contributed by atoms with E-state index < -0.39 is 11.7 Å². The van der Waals surface area contributed by atoms with E-state index >= 15 is 0 Å². The van der Waals surface area contributed by atoms with Crippen LogP contribution in [0.4, 0.5) is 18.9 Å². The van der Waals surface area contributed by atoms with Crippen molar-refractivity contribution in [3.63, 3.8) is 0 Å². The number of nitrogens with zero attached hydrogens (tertiary/aromatic N) is 1. The predicted octanol–water partition coefficient (Wildman–Crippen LogP) is 3.67. The molecule has 0 aliphatic carbocycles. The van der Waals surface area contributed by atoms with Gasteiger partial charge in [-0.2, -0.15) is 13.2 Å². The second-order valence-corrected chi connectivity index (χ2v) is 5.02. The molecule has 2 nitrogen and oxygen atoms in total. The van der Waals surface area contributed by atoms with Crippen LogP contribution in [0.25, 0.3) is 0 Å². The third-order valence-electron chi connectivity index (χ3n) is 3.34. The quantitative estimate of drug-likeness (QED) is 0.815. The Morgan fingerprint density at radius 2 is 1.79 bits per heavy atom. The molecular weight excluding hydrogens is 255 g/mol. The fourth-order valence-corrected chi connectivity index (χ4v) is 2.31. The van der Waals surface area contributed by atoms with Gasteiger partial charge in [0, 0.05) is 18.8 Å². The molecule has 106 valence electrons. The van der Waals surface area contributed by atoms with Gasteiger partial charge in [0.05, 0.1) is 18.8 Å². The van der Waals surface area contributed by atoms with Crippen LogP contribution in [0.1, 0.15) is 30.9 Å². The van der Waals surface area contributed by atoms with Gasteiger partial charge in [-0.05, 0) is 23.6 Å². The molecule has 1 aliphatic heterocycles. The van der Waals surface area contributed by atoms with E-state index in [-0.39, 0.29) is 5.92 Å². The molecule has 0 aromatic heterocycles. The average molecular weight is 273 g/mol. The van der Waals surface area contributed by atoms with Gasteiger partial charge in [-0.25, -0.2) is 0 Å². The van der Waals surface area contributed by atoms with Gasteiger partial charge in [0.1, 0.15) is 0 Å². The first-order valence-corrected chi connectivity index (χ1v) is 6.43. The van der Waals surface area contributed by atoms with Crippen molar-refractivity contribution in [3.8, 4) is 0 Å². The van der Waals surface area contributed by atoms with Crippen molar-refractivity contribution in [2.75, 3.05) is 31.2 Å². The van der Waals surface area contributed by atoms with Crippen LogP contribution in [0.5, 0.6) is 0 Å². The topological polar surface area (TPSA) is 12.5 Å². The molecule has 1 saturated heterocycles. The molecule has 0 atom stereocenters. The first-order chi connectivity index (χ1) is 8.89. The first-order valence-electron chi connectivity index (χ1n) is 6.43. The Morgan fingerprint density at radius 1 is 1.16 bits per heavy atom. The molecule has 1 heterocycles. The van der Waals surface area contributed by atoms with Gasteiger partial charge in [0.15, 0.2) is 0 Å². The van der Waals surface area contributed by atoms with Crippen LogP contribution in [-0.4, -0.2) is 26.3 Å². The molecular formula is C14H18F3NO. The normalized spacial score (nSPS) is 17.1. The number of alkyl halides is 3. The molecule has 0 bridgehead atoms. The number of anilines is 1. The van der Waals surface area contributed by atoms with Crippen LogP contribution in [0.15, 0.2) is 18.2 Å². The van der Waals surface area contributed by atoms with Crippen molar-refractivity contribution >= 4 is 5.69 Å². The maximum atomic E-state index is 13.1. The minimum Gasteiger partial charge on any atom is -0.378 e. The molecule has 2 rings (SSSR count). The number of morpholine rings is 1. The fourth-order valence-electron chi connectivity index (χ4n) is 2.31. The number of halogens is 3. The summed E-state index contributed by atoms with van der Waals surface area (Å²) in [6, 6.07) is 4.63. The third kappa shape index (κ3) is 3.21. The minimum absolute atomic E-state index is 0.143. The number of ether oxygens (including phenoxy) is 1. The Kier molecular flexibility index (Phi) is 4.04. The molecule has 19 heavy (non-hydrogen) atoms. The number of hydrogen-bond donors (Lipinski definition) is 0. The zero-order valence-electron chi connectivity index (χ0n) is 11.1. The van der Waals surface area contributed by atoms with Crippen molar-refractivity contribution in [3.05, 3.63) is 29.3 Å². The molecule has 1 aromatic carbocycles. The lowest BCUT2D eigenvalue weighted by Gasteiger charge is -2.30. The summed E-state index contributed by atoms with van der Waals surface area (Å²) in [5.74, 6) is -0.143. The Morgan fingerprint density at radius 3 is 2.32 bits per heavy atom. The molecule has 5 heteroatoms. The summed E-state index contributed by atoms with van der Waals surface area (Å²) < 4.78 is 44.6. The molecule has 0 unspecified atom stereocenters. The van der Waals surface area contributed by atoms with E-state index in [1.807, 2.05) is 4.90 Å². The maximum absolute atomic E-state index is 13.1.